The molecule has 3 nitrogen and oxygen atoms in total. The van der Waals surface area contributed by atoms with Gasteiger partial charge in [-0.1, -0.05) is 18.2 Å². The summed E-state index contributed by atoms with van der Waals surface area (Å²) in [6.07, 6.45) is -3.35. The van der Waals surface area contributed by atoms with Gasteiger partial charge in [0.05, 0.1) is 11.3 Å². The van der Waals surface area contributed by atoms with Crippen molar-refractivity contribution in [2.45, 2.75) is 13.1 Å². The summed E-state index contributed by atoms with van der Waals surface area (Å²) in [6.45, 7) is 1.20. The number of alkyl halides is 3. The average molecular weight is 280 g/mol. The first-order valence-electron chi connectivity index (χ1n) is 5.79. The van der Waals surface area contributed by atoms with Gasteiger partial charge in [0.15, 0.2) is 5.82 Å². The van der Waals surface area contributed by atoms with E-state index in [2.05, 4.69) is 4.98 Å². The Labute approximate surface area is 113 Å². The third kappa shape index (κ3) is 2.79. The highest BCUT2D eigenvalue weighted by Crippen LogP contribution is 2.37. The number of aromatic nitrogens is 1. The molecular weight excluding hydrogens is 269 g/mol. The predicted molar refractivity (Wildman–Crippen MR) is 68.5 cm³/mol. The van der Waals surface area contributed by atoms with Crippen LogP contribution in [0.3, 0.4) is 0 Å². The molecule has 1 aromatic carbocycles. The minimum atomic E-state index is -4.58. The standard InChI is InChI=1S/C14H11F3N2O/c1-10(20)19(11-6-3-2-4-7-11)13-12(14(15,16)17)8-5-9-18-13/h2-9H,1H3. The van der Waals surface area contributed by atoms with Crippen molar-refractivity contribution in [1.82, 2.24) is 4.98 Å². The number of pyridine rings is 1. The molecule has 0 aliphatic rings. The number of hydrogen-bond donors (Lipinski definition) is 0. The van der Waals surface area contributed by atoms with Gasteiger partial charge < -0.3 is 0 Å². The van der Waals surface area contributed by atoms with E-state index in [4.69, 9.17) is 0 Å². The zero-order chi connectivity index (χ0) is 14.8. The molecule has 2 rings (SSSR count). The van der Waals surface area contributed by atoms with E-state index in [1.165, 1.54) is 19.2 Å². The van der Waals surface area contributed by atoms with Gasteiger partial charge in [-0.2, -0.15) is 13.2 Å². The number of para-hydroxylation sites is 1. The second kappa shape index (κ2) is 5.32. The lowest BCUT2D eigenvalue weighted by molar-refractivity contribution is -0.137. The fourth-order valence-electron chi connectivity index (χ4n) is 1.83. The average Bonchev–Trinajstić information content (AvgIpc) is 2.39. The summed E-state index contributed by atoms with van der Waals surface area (Å²) in [4.78, 5) is 16.4. The van der Waals surface area contributed by atoms with Crippen molar-refractivity contribution in [3.63, 3.8) is 0 Å². The quantitative estimate of drug-likeness (QED) is 0.838. The zero-order valence-corrected chi connectivity index (χ0v) is 10.6. The number of benzene rings is 1. The van der Waals surface area contributed by atoms with Crippen molar-refractivity contribution < 1.29 is 18.0 Å². The number of carbonyl (C=O) groups is 1. The van der Waals surface area contributed by atoms with Crippen LogP contribution in [0.2, 0.25) is 0 Å². The predicted octanol–water partition coefficient (Wildman–Crippen LogP) is 3.79. The van der Waals surface area contributed by atoms with Crippen LogP contribution in [0.25, 0.3) is 0 Å². The van der Waals surface area contributed by atoms with E-state index in [1.807, 2.05) is 0 Å². The first-order chi connectivity index (χ1) is 9.41. The number of rotatable bonds is 2. The number of nitrogens with zero attached hydrogens (tertiary/aromatic N) is 2. The molecule has 6 heteroatoms. The highest BCUT2D eigenvalue weighted by Gasteiger charge is 2.36. The van der Waals surface area contributed by atoms with Crippen LogP contribution in [0, 0.1) is 0 Å². The monoisotopic (exact) mass is 280 g/mol. The second-order valence-corrected chi connectivity index (χ2v) is 4.06. The van der Waals surface area contributed by atoms with Gasteiger partial charge in [-0.25, -0.2) is 4.98 Å². The lowest BCUT2D eigenvalue weighted by atomic mass is 10.2. The number of anilines is 2. The normalized spacial score (nSPS) is 11.2. The van der Waals surface area contributed by atoms with Crippen LogP contribution in [0.5, 0.6) is 0 Å². The Morgan fingerprint density at radius 2 is 1.75 bits per heavy atom. The summed E-state index contributed by atoms with van der Waals surface area (Å²) in [5, 5.41) is 0. The molecule has 0 bridgehead atoms. The maximum Gasteiger partial charge on any atom is 0.419 e. The summed E-state index contributed by atoms with van der Waals surface area (Å²) in [7, 11) is 0. The van der Waals surface area contributed by atoms with Crippen LogP contribution in [-0.4, -0.2) is 10.9 Å². The summed E-state index contributed by atoms with van der Waals surface area (Å²) in [5.41, 5.74) is -0.608. The molecule has 0 aliphatic carbocycles. The van der Waals surface area contributed by atoms with Crippen molar-refractivity contribution >= 4 is 17.4 Å². The van der Waals surface area contributed by atoms with Crippen LogP contribution in [-0.2, 0) is 11.0 Å². The van der Waals surface area contributed by atoms with E-state index in [9.17, 15) is 18.0 Å². The molecule has 0 spiro atoms. The van der Waals surface area contributed by atoms with Crippen molar-refractivity contribution in [2.24, 2.45) is 0 Å². The summed E-state index contributed by atoms with van der Waals surface area (Å²) >= 11 is 0. The van der Waals surface area contributed by atoms with E-state index in [0.29, 0.717) is 5.69 Å². The molecular formula is C14H11F3N2O. The molecule has 0 radical (unpaired) electrons. The molecule has 0 saturated carbocycles. The number of halogens is 3. The largest absolute Gasteiger partial charge is 0.419 e. The number of hydrogen-bond acceptors (Lipinski definition) is 2. The molecule has 20 heavy (non-hydrogen) atoms. The van der Waals surface area contributed by atoms with Gasteiger partial charge >= 0.3 is 6.18 Å². The molecule has 104 valence electrons. The molecule has 0 fully saturated rings. The number of amides is 1. The topological polar surface area (TPSA) is 33.2 Å². The first kappa shape index (κ1) is 14.0. The van der Waals surface area contributed by atoms with E-state index in [-0.39, 0.29) is 0 Å². The molecule has 0 unspecified atom stereocenters. The van der Waals surface area contributed by atoms with Crippen molar-refractivity contribution in [2.75, 3.05) is 4.90 Å². The Kier molecular flexibility index (Phi) is 3.74. The maximum atomic E-state index is 13.0. The van der Waals surface area contributed by atoms with Gasteiger partial charge in [0, 0.05) is 13.1 Å². The maximum absolute atomic E-state index is 13.0. The van der Waals surface area contributed by atoms with E-state index >= 15 is 0 Å². The van der Waals surface area contributed by atoms with E-state index in [0.717, 1.165) is 11.0 Å². The van der Waals surface area contributed by atoms with Crippen molar-refractivity contribution in [3.8, 4) is 0 Å². The fourth-order valence-corrected chi connectivity index (χ4v) is 1.83. The minimum Gasteiger partial charge on any atom is -0.274 e. The van der Waals surface area contributed by atoms with Gasteiger partial charge in [-0.05, 0) is 24.3 Å². The third-order valence-electron chi connectivity index (χ3n) is 2.63. The van der Waals surface area contributed by atoms with Crippen LogP contribution >= 0.6 is 0 Å². The molecule has 0 aliphatic heterocycles. The minimum absolute atomic E-state index is 0.337. The number of carbonyl (C=O) groups excluding carboxylic acids is 1. The fraction of sp³-hybridized carbons (Fsp3) is 0.143. The van der Waals surface area contributed by atoms with Gasteiger partial charge in [0.1, 0.15) is 0 Å². The molecule has 2 aromatic rings. The third-order valence-corrected chi connectivity index (χ3v) is 2.63. The van der Waals surface area contributed by atoms with Crippen LogP contribution in [0.15, 0.2) is 48.7 Å². The SMILES string of the molecule is CC(=O)N(c1ccccc1)c1ncccc1C(F)(F)F. The van der Waals surface area contributed by atoms with Crippen molar-refractivity contribution in [1.29, 1.82) is 0 Å². The molecule has 1 aromatic heterocycles. The highest BCUT2D eigenvalue weighted by atomic mass is 19.4. The Morgan fingerprint density at radius 1 is 1.10 bits per heavy atom. The smallest absolute Gasteiger partial charge is 0.274 e. The Morgan fingerprint density at radius 3 is 2.30 bits per heavy atom. The zero-order valence-electron chi connectivity index (χ0n) is 10.6. The highest BCUT2D eigenvalue weighted by molar-refractivity contribution is 5.98. The van der Waals surface area contributed by atoms with Crippen LogP contribution < -0.4 is 4.90 Å². The lowest BCUT2D eigenvalue weighted by Crippen LogP contribution is -2.26. The van der Waals surface area contributed by atoms with Crippen LogP contribution in [0.1, 0.15) is 12.5 Å². The first-order valence-corrected chi connectivity index (χ1v) is 5.79. The van der Waals surface area contributed by atoms with Gasteiger partial charge in [0.2, 0.25) is 5.91 Å². The summed E-state index contributed by atoms with van der Waals surface area (Å²) in [5.74, 6) is -0.959. The molecule has 1 amide bonds. The molecule has 0 N–H and O–H groups in total. The van der Waals surface area contributed by atoms with E-state index in [1.54, 1.807) is 30.3 Å². The Bertz CT molecular complexity index is 611. The van der Waals surface area contributed by atoms with Gasteiger partial charge in [-0.15, -0.1) is 0 Å². The second-order valence-electron chi connectivity index (χ2n) is 4.06. The molecule has 1 heterocycles. The van der Waals surface area contributed by atoms with Gasteiger partial charge in [0.25, 0.3) is 0 Å². The lowest BCUT2D eigenvalue weighted by Gasteiger charge is -2.23. The molecule has 0 saturated heterocycles. The summed E-state index contributed by atoms with van der Waals surface area (Å²) < 4.78 is 39.0. The van der Waals surface area contributed by atoms with Gasteiger partial charge in [-0.3, -0.25) is 9.69 Å². The summed E-state index contributed by atoms with van der Waals surface area (Å²) in [6, 6.07) is 10.2. The Hall–Kier alpha value is -2.37. The van der Waals surface area contributed by atoms with E-state index < -0.39 is 23.5 Å². The van der Waals surface area contributed by atoms with Crippen LogP contribution in [0.4, 0.5) is 24.7 Å². The Balaban J connectivity index is 2.60. The van der Waals surface area contributed by atoms with Crippen molar-refractivity contribution in [3.05, 3.63) is 54.2 Å². The molecule has 0 atom stereocenters.